The van der Waals surface area contributed by atoms with Crippen LogP contribution in [-0.4, -0.2) is 30.2 Å². The largest absolute Gasteiger partial charge is 0.467 e. The fraction of sp³-hybridized carbons (Fsp3) is 0.643. The van der Waals surface area contributed by atoms with Crippen LogP contribution in [0.5, 0.6) is 0 Å². The van der Waals surface area contributed by atoms with Gasteiger partial charge in [-0.2, -0.15) is 0 Å². The first-order chi connectivity index (χ1) is 9.01. The number of carbonyl (C=O) groups is 1. The summed E-state index contributed by atoms with van der Waals surface area (Å²) in [7, 11) is 0. The van der Waals surface area contributed by atoms with Crippen molar-refractivity contribution in [3.63, 3.8) is 0 Å². The Bertz CT molecular complexity index is 418. The molecule has 1 aliphatic heterocycles. The molecule has 0 spiro atoms. The average molecular weight is 266 g/mol. The Morgan fingerprint density at radius 3 is 3.00 bits per heavy atom. The van der Waals surface area contributed by atoms with E-state index in [1.807, 2.05) is 26.0 Å². The van der Waals surface area contributed by atoms with Gasteiger partial charge in [-0.1, -0.05) is 0 Å². The molecule has 0 radical (unpaired) electrons. The van der Waals surface area contributed by atoms with E-state index in [0.717, 1.165) is 18.8 Å². The van der Waals surface area contributed by atoms with Gasteiger partial charge in [-0.05, 0) is 39.3 Å². The Morgan fingerprint density at radius 2 is 2.42 bits per heavy atom. The van der Waals surface area contributed by atoms with E-state index in [1.54, 1.807) is 6.26 Å². The van der Waals surface area contributed by atoms with Crippen LogP contribution in [0.2, 0.25) is 0 Å². The van der Waals surface area contributed by atoms with E-state index in [-0.39, 0.29) is 23.6 Å². The molecule has 0 bridgehead atoms. The van der Waals surface area contributed by atoms with Gasteiger partial charge in [0.05, 0.1) is 25.0 Å². The SMILES string of the molecule is CC(NC1(C)CCOC1C)C(=O)NCc1ccco1. The van der Waals surface area contributed by atoms with E-state index in [4.69, 9.17) is 9.15 Å². The Balaban J connectivity index is 1.82. The molecule has 0 aliphatic carbocycles. The number of hydrogen-bond acceptors (Lipinski definition) is 4. The molecule has 1 saturated heterocycles. The molecule has 0 saturated carbocycles. The van der Waals surface area contributed by atoms with E-state index in [0.29, 0.717) is 6.54 Å². The van der Waals surface area contributed by atoms with Gasteiger partial charge in [-0.15, -0.1) is 0 Å². The van der Waals surface area contributed by atoms with Gasteiger partial charge < -0.3 is 14.5 Å². The minimum atomic E-state index is -0.260. The number of amides is 1. The Morgan fingerprint density at radius 1 is 1.63 bits per heavy atom. The van der Waals surface area contributed by atoms with Crippen LogP contribution < -0.4 is 10.6 Å². The monoisotopic (exact) mass is 266 g/mol. The highest BCUT2D eigenvalue weighted by atomic mass is 16.5. The molecule has 5 heteroatoms. The first-order valence-corrected chi connectivity index (χ1v) is 6.71. The fourth-order valence-corrected chi connectivity index (χ4v) is 2.33. The molecular weight excluding hydrogens is 244 g/mol. The molecule has 1 aromatic rings. The lowest BCUT2D eigenvalue weighted by Gasteiger charge is -2.32. The Hall–Kier alpha value is -1.33. The molecular formula is C14H22N2O3. The summed E-state index contributed by atoms with van der Waals surface area (Å²) in [4.78, 5) is 12.0. The molecule has 2 heterocycles. The second-order valence-corrected chi connectivity index (χ2v) is 5.34. The van der Waals surface area contributed by atoms with Crippen LogP contribution in [0.1, 0.15) is 33.0 Å². The lowest BCUT2D eigenvalue weighted by Crippen LogP contribution is -2.55. The highest BCUT2D eigenvalue weighted by Gasteiger charge is 2.38. The summed E-state index contributed by atoms with van der Waals surface area (Å²) >= 11 is 0. The van der Waals surface area contributed by atoms with Gasteiger partial charge in [0.2, 0.25) is 5.91 Å². The maximum atomic E-state index is 12.0. The third-order valence-electron chi connectivity index (χ3n) is 3.84. The van der Waals surface area contributed by atoms with E-state index < -0.39 is 0 Å². The van der Waals surface area contributed by atoms with E-state index >= 15 is 0 Å². The van der Waals surface area contributed by atoms with Crippen molar-refractivity contribution in [2.24, 2.45) is 0 Å². The highest BCUT2D eigenvalue weighted by molar-refractivity contribution is 5.81. The maximum Gasteiger partial charge on any atom is 0.237 e. The predicted octanol–water partition coefficient (Wildman–Crippen LogP) is 1.44. The summed E-state index contributed by atoms with van der Waals surface area (Å²) in [6.45, 7) is 7.16. The molecule has 1 fully saturated rings. The quantitative estimate of drug-likeness (QED) is 0.846. The zero-order valence-electron chi connectivity index (χ0n) is 11.7. The molecule has 2 N–H and O–H groups in total. The number of rotatable bonds is 5. The Kier molecular flexibility index (Phi) is 4.27. The first kappa shape index (κ1) is 14.1. The lowest BCUT2D eigenvalue weighted by atomic mass is 9.93. The van der Waals surface area contributed by atoms with Crippen LogP contribution in [-0.2, 0) is 16.1 Å². The van der Waals surface area contributed by atoms with Crippen LogP contribution in [0.4, 0.5) is 0 Å². The molecule has 1 aromatic heterocycles. The zero-order chi connectivity index (χ0) is 13.9. The molecule has 1 amide bonds. The number of furan rings is 1. The zero-order valence-corrected chi connectivity index (χ0v) is 11.7. The highest BCUT2D eigenvalue weighted by Crippen LogP contribution is 2.25. The molecule has 1 aliphatic rings. The molecule has 2 rings (SSSR count). The standard InChI is InChI=1S/C14H22N2O3/c1-10(16-14(3)6-8-18-11(14)2)13(17)15-9-12-5-4-7-19-12/h4-5,7,10-11,16H,6,8-9H2,1-3H3,(H,15,17). The molecule has 19 heavy (non-hydrogen) atoms. The molecule has 106 valence electrons. The smallest absolute Gasteiger partial charge is 0.237 e. The Labute approximate surface area is 113 Å². The van der Waals surface area contributed by atoms with Gasteiger partial charge in [0.15, 0.2) is 0 Å². The molecule has 3 unspecified atom stereocenters. The second-order valence-electron chi connectivity index (χ2n) is 5.34. The van der Waals surface area contributed by atoms with Gasteiger partial charge in [0.25, 0.3) is 0 Å². The second kappa shape index (κ2) is 5.75. The lowest BCUT2D eigenvalue weighted by molar-refractivity contribution is -0.123. The summed E-state index contributed by atoms with van der Waals surface area (Å²) < 4.78 is 10.7. The van der Waals surface area contributed by atoms with Crippen molar-refractivity contribution >= 4 is 5.91 Å². The van der Waals surface area contributed by atoms with E-state index in [2.05, 4.69) is 17.6 Å². The van der Waals surface area contributed by atoms with Gasteiger partial charge >= 0.3 is 0 Å². The van der Waals surface area contributed by atoms with Gasteiger partial charge in [-0.25, -0.2) is 0 Å². The van der Waals surface area contributed by atoms with Gasteiger partial charge in [-0.3, -0.25) is 10.1 Å². The summed E-state index contributed by atoms with van der Waals surface area (Å²) in [5, 5.41) is 6.22. The fourth-order valence-electron chi connectivity index (χ4n) is 2.33. The van der Waals surface area contributed by atoms with Crippen molar-refractivity contribution in [2.75, 3.05) is 6.61 Å². The third-order valence-corrected chi connectivity index (χ3v) is 3.84. The van der Waals surface area contributed by atoms with Crippen molar-refractivity contribution in [2.45, 2.75) is 51.4 Å². The normalized spacial score (nSPS) is 28.3. The van der Waals surface area contributed by atoms with Gasteiger partial charge in [0.1, 0.15) is 5.76 Å². The minimum absolute atomic E-state index is 0.0308. The van der Waals surface area contributed by atoms with Crippen LogP contribution in [0.15, 0.2) is 22.8 Å². The predicted molar refractivity (Wildman–Crippen MR) is 71.6 cm³/mol. The number of ether oxygens (including phenoxy) is 1. The number of nitrogens with one attached hydrogen (secondary N) is 2. The summed E-state index contributed by atoms with van der Waals surface area (Å²) in [6.07, 6.45) is 2.64. The van der Waals surface area contributed by atoms with Crippen LogP contribution in [0.25, 0.3) is 0 Å². The number of hydrogen-bond donors (Lipinski definition) is 2. The average Bonchev–Trinajstić information content (AvgIpc) is 2.98. The van der Waals surface area contributed by atoms with Gasteiger partial charge in [0, 0.05) is 12.1 Å². The summed E-state index contributed by atoms with van der Waals surface area (Å²) in [6, 6.07) is 3.39. The topological polar surface area (TPSA) is 63.5 Å². The van der Waals surface area contributed by atoms with Crippen molar-refractivity contribution in [3.05, 3.63) is 24.2 Å². The minimum Gasteiger partial charge on any atom is -0.467 e. The van der Waals surface area contributed by atoms with Crippen molar-refractivity contribution in [3.8, 4) is 0 Å². The van der Waals surface area contributed by atoms with Crippen LogP contribution in [0.3, 0.4) is 0 Å². The van der Waals surface area contributed by atoms with E-state index in [1.165, 1.54) is 0 Å². The first-order valence-electron chi connectivity index (χ1n) is 6.71. The maximum absolute atomic E-state index is 12.0. The van der Waals surface area contributed by atoms with Crippen LogP contribution in [0, 0.1) is 0 Å². The van der Waals surface area contributed by atoms with E-state index in [9.17, 15) is 4.79 Å². The van der Waals surface area contributed by atoms with Crippen molar-refractivity contribution in [1.82, 2.24) is 10.6 Å². The molecule has 3 atom stereocenters. The summed E-state index contributed by atoms with van der Waals surface area (Å²) in [5.74, 6) is 0.723. The summed E-state index contributed by atoms with van der Waals surface area (Å²) in [5.41, 5.74) is -0.137. The number of carbonyl (C=O) groups excluding carboxylic acids is 1. The molecule has 5 nitrogen and oxygen atoms in total. The third kappa shape index (κ3) is 3.36. The van der Waals surface area contributed by atoms with Crippen molar-refractivity contribution < 1.29 is 13.9 Å². The van der Waals surface area contributed by atoms with Crippen molar-refractivity contribution in [1.29, 1.82) is 0 Å². The molecule has 0 aromatic carbocycles. The van der Waals surface area contributed by atoms with Crippen LogP contribution >= 0.6 is 0 Å².